The molecule has 2 N–H and O–H groups in total. The minimum absolute atomic E-state index is 0.00469. The summed E-state index contributed by atoms with van der Waals surface area (Å²) < 4.78 is 4.62. The van der Waals surface area contributed by atoms with Crippen LogP contribution in [0.5, 0.6) is 0 Å². The molecule has 6 aromatic rings. The second kappa shape index (κ2) is 7.41. The van der Waals surface area contributed by atoms with E-state index in [9.17, 15) is 0 Å². The van der Waals surface area contributed by atoms with E-state index in [2.05, 4.69) is 116 Å². The van der Waals surface area contributed by atoms with Crippen molar-refractivity contribution in [3.8, 4) is 5.69 Å². The molecule has 2 aromatic heterocycles. The lowest BCUT2D eigenvalue weighted by Crippen LogP contribution is -2.52. The van der Waals surface area contributed by atoms with Crippen molar-refractivity contribution in [2.45, 2.75) is 6.17 Å². The van der Waals surface area contributed by atoms with Crippen molar-refractivity contribution < 1.29 is 0 Å². The van der Waals surface area contributed by atoms with E-state index in [4.69, 9.17) is 4.99 Å². The molecule has 0 fully saturated rings. The zero-order chi connectivity index (χ0) is 23.6. The highest BCUT2D eigenvalue weighted by atomic mass is 15.3. The minimum Gasteiger partial charge on any atom is -0.336 e. The fourth-order valence-corrected chi connectivity index (χ4v) is 5.76. The predicted octanol–water partition coefficient (Wildman–Crippen LogP) is 5.54. The van der Waals surface area contributed by atoms with Gasteiger partial charge in [-0.2, -0.15) is 0 Å². The van der Waals surface area contributed by atoms with E-state index >= 15 is 0 Å². The van der Waals surface area contributed by atoms with E-state index in [-0.39, 0.29) is 6.17 Å². The van der Waals surface area contributed by atoms with Gasteiger partial charge in [-0.3, -0.25) is 14.9 Å². The van der Waals surface area contributed by atoms with Crippen LogP contribution >= 0.6 is 0 Å². The molecule has 1 atom stereocenters. The molecule has 4 heterocycles. The van der Waals surface area contributed by atoms with Crippen LogP contribution in [-0.4, -0.2) is 34.1 Å². The Morgan fingerprint density at radius 1 is 0.667 bits per heavy atom. The quantitative estimate of drug-likeness (QED) is 0.334. The molecular formula is C30H22N6. The largest absolute Gasteiger partial charge is 0.336 e. The van der Waals surface area contributed by atoms with E-state index in [0.29, 0.717) is 6.67 Å². The third kappa shape index (κ3) is 2.64. The molecule has 2 aliphatic heterocycles. The van der Waals surface area contributed by atoms with E-state index in [1.807, 2.05) is 12.4 Å². The molecule has 36 heavy (non-hydrogen) atoms. The Morgan fingerprint density at radius 3 is 2.06 bits per heavy atom. The van der Waals surface area contributed by atoms with Gasteiger partial charge >= 0.3 is 0 Å². The maximum absolute atomic E-state index is 4.82. The summed E-state index contributed by atoms with van der Waals surface area (Å²) in [6.45, 7) is 0.592. The fourth-order valence-electron chi connectivity index (χ4n) is 5.76. The second-order valence-electron chi connectivity index (χ2n) is 9.23. The maximum atomic E-state index is 4.82. The lowest BCUT2D eigenvalue weighted by molar-refractivity contribution is 0.543. The zero-order valence-corrected chi connectivity index (χ0v) is 19.4. The highest BCUT2D eigenvalue weighted by Gasteiger charge is 2.25. The van der Waals surface area contributed by atoms with Crippen LogP contribution in [0.1, 0.15) is 0 Å². The number of rotatable bonds is 1. The first-order valence-corrected chi connectivity index (χ1v) is 12.2. The van der Waals surface area contributed by atoms with Gasteiger partial charge in [0, 0.05) is 45.2 Å². The summed E-state index contributed by atoms with van der Waals surface area (Å²) in [4.78, 5) is 9.14. The highest BCUT2D eigenvalue weighted by Crippen LogP contribution is 2.41. The van der Waals surface area contributed by atoms with Gasteiger partial charge in [0.05, 0.1) is 28.7 Å². The van der Waals surface area contributed by atoms with Gasteiger partial charge < -0.3 is 9.88 Å². The Labute approximate surface area is 206 Å². The Morgan fingerprint density at radius 2 is 1.31 bits per heavy atom. The van der Waals surface area contributed by atoms with Crippen LogP contribution < -0.4 is 10.6 Å². The summed E-state index contributed by atoms with van der Waals surface area (Å²) in [5.41, 5.74) is 6.86. The van der Waals surface area contributed by atoms with Gasteiger partial charge in [0.15, 0.2) is 0 Å². The average Bonchev–Trinajstić information content (AvgIpc) is 3.46. The van der Waals surface area contributed by atoms with Crippen molar-refractivity contribution in [2.24, 2.45) is 9.98 Å². The molecule has 0 radical (unpaired) electrons. The van der Waals surface area contributed by atoms with Gasteiger partial charge in [-0.15, -0.1) is 0 Å². The molecule has 6 heteroatoms. The number of aliphatic imine (C=N–C) groups is 2. The molecular weight excluding hydrogens is 444 g/mol. The van der Waals surface area contributed by atoms with Gasteiger partial charge in [-0.25, -0.2) is 4.99 Å². The SMILES string of the molecule is C1=NCNC2NC(n3c4ccccc4c4c5c6ccccc6n(-c6ccccc6)c5ccc43)=NC=C12. The third-order valence-electron chi connectivity index (χ3n) is 7.27. The lowest BCUT2D eigenvalue weighted by Gasteiger charge is -2.28. The number of aromatic nitrogens is 2. The smallest absolute Gasteiger partial charge is 0.209 e. The highest BCUT2D eigenvalue weighted by molar-refractivity contribution is 6.30. The Bertz CT molecular complexity index is 1920. The standard InChI is InChI=1S/C30H22N6/c1-2-8-20(9-3-1)35-23-12-6-4-10-21(23)27-25(35)14-15-26-28(27)22-11-5-7-13-24(22)36(26)30-32-17-19-16-31-18-33-29(19)34-30/h1-17,29,33H,18H2,(H,32,34). The lowest BCUT2D eigenvalue weighted by atomic mass is 10.1. The van der Waals surface area contributed by atoms with Crippen molar-refractivity contribution >= 4 is 55.8 Å². The first kappa shape index (κ1) is 19.6. The van der Waals surface area contributed by atoms with Crippen molar-refractivity contribution in [3.63, 3.8) is 0 Å². The number of hydrogen-bond donors (Lipinski definition) is 2. The summed E-state index contributed by atoms with van der Waals surface area (Å²) in [5.74, 6) is 0.809. The first-order valence-electron chi connectivity index (χ1n) is 12.2. The van der Waals surface area contributed by atoms with Crippen LogP contribution in [0.4, 0.5) is 0 Å². The molecule has 6 nitrogen and oxygen atoms in total. The number of hydrogen-bond acceptors (Lipinski definition) is 4. The summed E-state index contributed by atoms with van der Waals surface area (Å²) in [6, 6.07) is 32.4. The predicted molar refractivity (Wildman–Crippen MR) is 148 cm³/mol. The maximum Gasteiger partial charge on any atom is 0.209 e. The number of nitrogens with zero attached hydrogens (tertiary/aromatic N) is 4. The molecule has 4 aromatic carbocycles. The third-order valence-corrected chi connectivity index (χ3v) is 7.27. The first-order chi connectivity index (χ1) is 17.9. The molecule has 1 unspecified atom stereocenters. The summed E-state index contributed by atoms with van der Waals surface area (Å²) in [6.07, 6.45) is 3.80. The summed E-state index contributed by atoms with van der Waals surface area (Å²) in [5, 5.41) is 12.0. The van der Waals surface area contributed by atoms with Gasteiger partial charge in [0.25, 0.3) is 0 Å². The number of benzene rings is 4. The van der Waals surface area contributed by atoms with Gasteiger partial charge in [0.2, 0.25) is 5.96 Å². The molecule has 8 rings (SSSR count). The average molecular weight is 467 g/mol. The Hall–Kier alpha value is -4.68. The van der Waals surface area contributed by atoms with Crippen LogP contribution in [0.2, 0.25) is 0 Å². The topological polar surface area (TPSA) is 58.6 Å². The van der Waals surface area contributed by atoms with Crippen LogP contribution in [0.25, 0.3) is 49.3 Å². The van der Waals surface area contributed by atoms with Gasteiger partial charge in [-0.1, -0.05) is 54.6 Å². The fraction of sp³-hybridized carbons (Fsp3) is 0.0667. The van der Waals surface area contributed by atoms with E-state index < -0.39 is 0 Å². The van der Waals surface area contributed by atoms with Crippen molar-refractivity contribution in [3.05, 3.63) is 103 Å². The molecule has 0 amide bonds. The number of para-hydroxylation sites is 3. The van der Waals surface area contributed by atoms with E-state index in [1.54, 1.807) is 0 Å². The molecule has 2 aliphatic rings. The molecule has 0 aliphatic carbocycles. The number of fused-ring (bicyclic) bond motifs is 8. The molecule has 0 bridgehead atoms. The van der Waals surface area contributed by atoms with Crippen molar-refractivity contribution in [1.29, 1.82) is 0 Å². The van der Waals surface area contributed by atoms with Gasteiger partial charge in [0.1, 0.15) is 6.17 Å². The summed E-state index contributed by atoms with van der Waals surface area (Å²) in [7, 11) is 0. The van der Waals surface area contributed by atoms with Crippen molar-refractivity contribution in [1.82, 2.24) is 19.8 Å². The summed E-state index contributed by atoms with van der Waals surface area (Å²) >= 11 is 0. The Kier molecular flexibility index (Phi) is 4.03. The van der Waals surface area contributed by atoms with E-state index in [0.717, 1.165) is 28.3 Å². The molecule has 0 saturated heterocycles. The second-order valence-corrected chi connectivity index (χ2v) is 9.23. The molecule has 0 saturated carbocycles. The molecule has 172 valence electrons. The normalized spacial score (nSPS) is 17.4. The van der Waals surface area contributed by atoms with Crippen LogP contribution in [0, 0.1) is 0 Å². The monoisotopic (exact) mass is 466 g/mol. The van der Waals surface area contributed by atoms with Crippen LogP contribution in [-0.2, 0) is 0 Å². The van der Waals surface area contributed by atoms with Crippen LogP contribution in [0.15, 0.2) is 113 Å². The van der Waals surface area contributed by atoms with Gasteiger partial charge in [-0.05, 0) is 36.4 Å². The number of nitrogens with one attached hydrogen (secondary N) is 2. The Balaban J connectivity index is 1.50. The van der Waals surface area contributed by atoms with E-state index in [1.165, 1.54) is 32.6 Å². The van der Waals surface area contributed by atoms with Crippen molar-refractivity contribution in [2.75, 3.05) is 6.67 Å². The minimum atomic E-state index is -0.00469. The molecule has 0 spiro atoms. The zero-order valence-electron chi connectivity index (χ0n) is 19.4. The van der Waals surface area contributed by atoms with Crippen LogP contribution in [0.3, 0.4) is 0 Å².